The van der Waals surface area contributed by atoms with Gasteiger partial charge in [0.05, 0.1) is 44.2 Å². The number of hydrogen-bond donors (Lipinski definition) is 1. The van der Waals surface area contributed by atoms with Gasteiger partial charge >= 0.3 is 12.0 Å². The minimum Gasteiger partial charge on any atom is -0.495 e. The summed E-state index contributed by atoms with van der Waals surface area (Å²) >= 11 is 0. The molecule has 3 aliphatic heterocycles. The molecule has 1 aromatic heterocycles. The Kier molecular flexibility index (Phi) is 9.71. The number of halogens is 2. The van der Waals surface area contributed by atoms with Crippen LogP contribution in [-0.4, -0.2) is 114 Å². The monoisotopic (exact) mass is 678 g/mol. The summed E-state index contributed by atoms with van der Waals surface area (Å²) in [6, 6.07) is 12.9. The van der Waals surface area contributed by atoms with Gasteiger partial charge in [-0.3, -0.25) is 4.90 Å². The van der Waals surface area contributed by atoms with Crippen molar-refractivity contribution in [3.8, 4) is 29.0 Å². The predicted octanol–water partition coefficient (Wildman–Crippen LogP) is 4.71. The Morgan fingerprint density at radius 3 is 2.49 bits per heavy atom. The number of likely N-dealkylation sites (tertiary alicyclic amines) is 1. The molecule has 3 aliphatic rings. The first kappa shape index (κ1) is 34.1. The lowest BCUT2D eigenvalue weighted by molar-refractivity contribution is -0.137. The number of piperidine rings is 1. The van der Waals surface area contributed by atoms with Gasteiger partial charge in [0.1, 0.15) is 29.5 Å². The van der Waals surface area contributed by atoms with Crippen molar-refractivity contribution >= 4 is 23.4 Å². The van der Waals surface area contributed by atoms with Gasteiger partial charge in [0.25, 0.3) is 0 Å². The van der Waals surface area contributed by atoms with Crippen molar-refractivity contribution in [3.05, 3.63) is 48.3 Å². The van der Waals surface area contributed by atoms with Gasteiger partial charge in [0.15, 0.2) is 11.9 Å². The molecule has 0 spiro atoms. The molecule has 4 heterocycles. The second-order valence-corrected chi connectivity index (χ2v) is 13.2. The molecule has 49 heavy (non-hydrogen) atoms. The minimum atomic E-state index is -3.36. The van der Waals surface area contributed by atoms with Crippen LogP contribution in [0.4, 0.5) is 30.9 Å². The number of hydrogen-bond acceptors (Lipinski definition) is 12. The molecule has 0 saturated carbocycles. The van der Waals surface area contributed by atoms with Crippen molar-refractivity contribution in [2.75, 3.05) is 69.8 Å². The highest BCUT2D eigenvalue weighted by molar-refractivity contribution is 5.69. The Morgan fingerprint density at radius 1 is 1.06 bits per heavy atom. The van der Waals surface area contributed by atoms with Gasteiger partial charge in [-0.1, -0.05) is 0 Å². The molecule has 0 aliphatic carbocycles. The van der Waals surface area contributed by atoms with Crippen molar-refractivity contribution in [2.45, 2.75) is 50.9 Å². The van der Waals surface area contributed by atoms with Gasteiger partial charge < -0.3 is 34.1 Å². The topological polar surface area (TPSA) is 138 Å². The van der Waals surface area contributed by atoms with Crippen LogP contribution in [0.1, 0.15) is 32.8 Å². The number of anilines is 3. The summed E-state index contributed by atoms with van der Waals surface area (Å²) in [7, 11) is 1.64. The zero-order chi connectivity index (χ0) is 34.8. The molecule has 1 N–H and O–H groups in total. The minimum absolute atomic E-state index is 0.000277. The number of rotatable bonds is 8. The molecule has 0 radical (unpaired) electrons. The third-order valence-electron chi connectivity index (χ3n) is 8.61. The quantitative estimate of drug-likeness (QED) is 0.353. The number of nitrogens with zero attached hydrogens (tertiary/aromatic N) is 7. The molecule has 1 unspecified atom stereocenters. The Hall–Kier alpha value is -4.81. The molecular formula is C34H40F2N8O5. The van der Waals surface area contributed by atoms with Crippen molar-refractivity contribution < 1.29 is 32.5 Å². The van der Waals surface area contributed by atoms with Gasteiger partial charge in [-0.05, 0) is 51.1 Å². The van der Waals surface area contributed by atoms with E-state index < -0.39 is 30.3 Å². The smallest absolute Gasteiger partial charge is 0.410 e. The van der Waals surface area contributed by atoms with E-state index in [4.69, 9.17) is 18.9 Å². The SMILES string of the molecule is COc1cc(Nc2ncnc(-c3ccc(OC4CCN(C(=O)OC(C)(C)C)CC4(F)F)c(C#N)c3)n2)ccc1N1CCN(C2COC2)CC1. The van der Waals surface area contributed by atoms with Crippen molar-refractivity contribution in [1.82, 2.24) is 24.8 Å². The summed E-state index contributed by atoms with van der Waals surface area (Å²) in [6.07, 6.45) is -1.13. The fourth-order valence-corrected chi connectivity index (χ4v) is 5.96. The number of benzene rings is 2. The molecule has 15 heteroatoms. The molecule has 0 bridgehead atoms. The third kappa shape index (κ3) is 7.92. The number of amides is 1. The van der Waals surface area contributed by atoms with E-state index in [9.17, 15) is 10.1 Å². The molecule has 1 atom stereocenters. The van der Waals surface area contributed by atoms with Crippen LogP contribution in [0.5, 0.6) is 11.5 Å². The number of piperazine rings is 1. The number of methoxy groups -OCH3 is 1. The first-order valence-corrected chi connectivity index (χ1v) is 16.2. The van der Waals surface area contributed by atoms with Crippen LogP contribution in [0.3, 0.4) is 0 Å². The molecule has 13 nitrogen and oxygen atoms in total. The number of nitrogens with one attached hydrogen (secondary N) is 1. The van der Waals surface area contributed by atoms with Gasteiger partial charge in [-0.25, -0.2) is 23.5 Å². The maximum absolute atomic E-state index is 15.1. The van der Waals surface area contributed by atoms with E-state index in [1.54, 1.807) is 33.9 Å². The molecule has 3 aromatic rings. The van der Waals surface area contributed by atoms with Crippen LogP contribution in [0.25, 0.3) is 11.4 Å². The molecule has 260 valence electrons. The van der Waals surface area contributed by atoms with Crippen molar-refractivity contribution in [2.24, 2.45) is 0 Å². The lowest BCUT2D eigenvalue weighted by Gasteiger charge is -2.43. The Morgan fingerprint density at radius 2 is 1.84 bits per heavy atom. The second-order valence-electron chi connectivity index (χ2n) is 13.2. The zero-order valence-electron chi connectivity index (χ0n) is 28.0. The zero-order valence-corrected chi connectivity index (χ0v) is 28.0. The molecule has 6 rings (SSSR count). The first-order chi connectivity index (χ1) is 23.4. The fourth-order valence-electron chi connectivity index (χ4n) is 5.96. The number of carbonyl (C=O) groups is 1. The molecule has 2 aromatic carbocycles. The van der Waals surface area contributed by atoms with E-state index in [2.05, 4.69) is 30.1 Å². The summed E-state index contributed by atoms with van der Waals surface area (Å²) in [5.41, 5.74) is 1.43. The van der Waals surface area contributed by atoms with Gasteiger partial charge in [-0.15, -0.1) is 0 Å². The van der Waals surface area contributed by atoms with E-state index >= 15 is 8.78 Å². The number of nitriles is 1. The Labute approximate surface area is 283 Å². The normalized spacial score (nSPS) is 19.8. The number of carbonyl (C=O) groups excluding carboxylic acids is 1. The summed E-state index contributed by atoms with van der Waals surface area (Å²) < 4.78 is 52.2. The average Bonchev–Trinajstić information content (AvgIpc) is 3.04. The highest BCUT2D eigenvalue weighted by Gasteiger charge is 2.48. The predicted molar refractivity (Wildman–Crippen MR) is 176 cm³/mol. The number of alkyl halides is 2. The maximum Gasteiger partial charge on any atom is 0.410 e. The number of ether oxygens (including phenoxy) is 4. The lowest BCUT2D eigenvalue weighted by atomic mass is 10.0. The first-order valence-electron chi connectivity index (χ1n) is 16.2. The van der Waals surface area contributed by atoms with Crippen molar-refractivity contribution in [3.63, 3.8) is 0 Å². The van der Waals surface area contributed by atoms with Crippen LogP contribution in [0, 0.1) is 11.3 Å². The summed E-state index contributed by atoms with van der Waals surface area (Å²) in [6.45, 7) is 9.52. The van der Waals surface area contributed by atoms with E-state index in [0.717, 1.165) is 55.7 Å². The van der Waals surface area contributed by atoms with E-state index in [0.29, 0.717) is 17.3 Å². The average molecular weight is 679 g/mol. The van der Waals surface area contributed by atoms with Crippen LogP contribution < -0.4 is 19.7 Å². The summed E-state index contributed by atoms with van der Waals surface area (Å²) in [5, 5.41) is 13.1. The summed E-state index contributed by atoms with van der Waals surface area (Å²) in [4.78, 5) is 31.1. The van der Waals surface area contributed by atoms with E-state index in [1.807, 2.05) is 24.3 Å². The lowest BCUT2D eigenvalue weighted by Crippen LogP contribution is -2.56. The Balaban J connectivity index is 1.11. The number of aromatic nitrogens is 3. The van der Waals surface area contributed by atoms with Gasteiger partial charge in [-0.2, -0.15) is 10.2 Å². The highest BCUT2D eigenvalue weighted by atomic mass is 19.3. The second kappa shape index (κ2) is 14.0. The van der Waals surface area contributed by atoms with Crippen molar-refractivity contribution in [1.29, 1.82) is 5.26 Å². The standard InChI is InChI=1S/C34H40F2N8O5/c1-33(2,3)49-32(45)44-10-9-29(34(35,36)20-44)48-27-8-5-22(15-23(27)17-37)30-38-21-39-31(41-30)40-24-6-7-26(28(16-24)46-4)43-13-11-42(12-14-43)25-18-47-19-25/h5-8,15-16,21,25,29H,9-14,18-20H2,1-4H3,(H,38,39,40,41). The molecular weight excluding hydrogens is 638 g/mol. The van der Waals surface area contributed by atoms with Crippen LogP contribution in [0.2, 0.25) is 0 Å². The van der Waals surface area contributed by atoms with Crippen LogP contribution in [0.15, 0.2) is 42.7 Å². The summed E-state index contributed by atoms with van der Waals surface area (Å²) in [5.74, 6) is -2.10. The molecule has 3 fully saturated rings. The van der Waals surface area contributed by atoms with E-state index in [-0.39, 0.29) is 36.1 Å². The Bertz CT molecular complexity index is 1700. The van der Waals surface area contributed by atoms with Gasteiger partial charge in [0, 0.05) is 56.5 Å². The van der Waals surface area contributed by atoms with E-state index in [1.165, 1.54) is 18.5 Å². The fraction of sp³-hybridized carbons (Fsp3) is 0.500. The third-order valence-corrected chi connectivity index (χ3v) is 8.61. The highest BCUT2D eigenvalue weighted by Crippen LogP contribution is 2.35. The maximum atomic E-state index is 15.1. The van der Waals surface area contributed by atoms with Crippen LogP contribution in [-0.2, 0) is 9.47 Å². The van der Waals surface area contributed by atoms with Crippen LogP contribution >= 0.6 is 0 Å². The molecule has 1 amide bonds. The largest absolute Gasteiger partial charge is 0.495 e. The van der Waals surface area contributed by atoms with Gasteiger partial charge in [0.2, 0.25) is 5.95 Å². The molecule has 3 saturated heterocycles.